The molecule has 5 rings (SSSR count). The smallest absolute Gasteiger partial charge is 0.258 e. The summed E-state index contributed by atoms with van der Waals surface area (Å²) in [5, 5.41) is 11.8. The zero-order valence-corrected chi connectivity index (χ0v) is 20.5. The van der Waals surface area contributed by atoms with Crippen LogP contribution in [0, 0.1) is 0 Å². The molecule has 4 aromatic rings. The van der Waals surface area contributed by atoms with Crippen LogP contribution in [0.4, 0.5) is 0 Å². The molecule has 1 aromatic heterocycles. The number of amides is 1. The third-order valence-electron chi connectivity index (χ3n) is 6.49. The normalized spacial score (nSPS) is 14.5. The van der Waals surface area contributed by atoms with Crippen molar-refractivity contribution in [2.45, 2.75) is 32.5 Å². The molecule has 0 bridgehead atoms. The van der Waals surface area contributed by atoms with Gasteiger partial charge in [-0.05, 0) is 35.7 Å². The second-order valence-corrected chi connectivity index (χ2v) is 9.11. The van der Waals surface area contributed by atoms with Crippen LogP contribution in [0.3, 0.4) is 0 Å². The molecule has 0 fully saturated rings. The molecular formula is C29H31N5O2. The van der Waals surface area contributed by atoms with Gasteiger partial charge in [0.15, 0.2) is 12.4 Å². The van der Waals surface area contributed by atoms with Crippen LogP contribution in [0.5, 0.6) is 5.75 Å². The van der Waals surface area contributed by atoms with Crippen LogP contribution in [-0.2, 0) is 24.3 Å². The van der Waals surface area contributed by atoms with E-state index in [2.05, 4.69) is 73.5 Å². The molecule has 0 spiro atoms. The number of ether oxygens (including phenoxy) is 1. The molecule has 1 amide bonds. The van der Waals surface area contributed by atoms with Crippen LogP contribution in [0.25, 0.3) is 11.1 Å². The van der Waals surface area contributed by atoms with Gasteiger partial charge in [0.05, 0.1) is 6.04 Å². The van der Waals surface area contributed by atoms with E-state index in [0.29, 0.717) is 5.75 Å². The van der Waals surface area contributed by atoms with Crippen molar-refractivity contribution in [3.63, 3.8) is 0 Å². The average Bonchev–Trinajstić information content (AvgIpc) is 3.23. The number of hydrogen-bond donors (Lipinski definition) is 1. The molecule has 1 N–H and O–H groups in total. The SMILES string of the molecule is C[C@H](NC(=O)COc1ccccc1)c1nnc2n1CCN(Cc1ccc(-c3ccccc3)cc1)CC2. The van der Waals surface area contributed by atoms with Crippen molar-refractivity contribution < 1.29 is 9.53 Å². The van der Waals surface area contributed by atoms with Crippen molar-refractivity contribution in [1.82, 2.24) is 25.0 Å². The maximum Gasteiger partial charge on any atom is 0.258 e. The monoisotopic (exact) mass is 481 g/mol. The quantitative estimate of drug-likeness (QED) is 0.407. The molecule has 0 unspecified atom stereocenters. The van der Waals surface area contributed by atoms with E-state index in [-0.39, 0.29) is 18.6 Å². The summed E-state index contributed by atoms with van der Waals surface area (Å²) in [4.78, 5) is 14.9. The minimum Gasteiger partial charge on any atom is -0.484 e. The molecule has 0 saturated heterocycles. The Kier molecular flexibility index (Phi) is 7.38. The number of para-hydroxylation sites is 1. The number of carbonyl (C=O) groups excluding carboxylic acids is 1. The van der Waals surface area contributed by atoms with Gasteiger partial charge in [0.2, 0.25) is 0 Å². The molecule has 2 heterocycles. The first-order chi connectivity index (χ1) is 17.7. The largest absolute Gasteiger partial charge is 0.484 e. The van der Waals surface area contributed by atoms with E-state index in [1.165, 1.54) is 16.7 Å². The van der Waals surface area contributed by atoms with Crippen molar-refractivity contribution in [2.24, 2.45) is 0 Å². The molecule has 36 heavy (non-hydrogen) atoms. The van der Waals surface area contributed by atoms with Gasteiger partial charge in [-0.3, -0.25) is 9.69 Å². The van der Waals surface area contributed by atoms with Gasteiger partial charge in [0.1, 0.15) is 11.6 Å². The summed E-state index contributed by atoms with van der Waals surface area (Å²) in [5.41, 5.74) is 3.76. The van der Waals surface area contributed by atoms with Crippen LogP contribution in [0.15, 0.2) is 84.9 Å². The maximum atomic E-state index is 12.4. The van der Waals surface area contributed by atoms with E-state index in [4.69, 9.17) is 4.74 Å². The number of rotatable bonds is 8. The number of hydrogen-bond acceptors (Lipinski definition) is 5. The Balaban J connectivity index is 1.16. The lowest BCUT2D eigenvalue weighted by molar-refractivity contribution is -0.123. The van der Waals surface area contributed by atoms with Crippen molar-refractivity contribution >= 4 is 5.91 Å². The van der Waals surface area contributed by atoms with Gasteiger partial charge in [0, 0.05) is 32.6 Å². The molecule has 184 valence electrons. The summed E-state index contributed by atoms with van der Waals surface area (Å²) in [6.07, 6.45) is 0.826. The van der Waals surface area contributed by atoms with E-state index in [1.807, 2.05) is 43.3 Å². The topological polar surface area (TPSA) is 72.3 Å². The maximum absolute atomic E-state index is 12.4. The van der Waals surface area contributed by atoms with Crippen molar-refractivity contribution in [3.8, 4) is 16.9 Å². The second-order valence-electron chi connectivity index (χ2n) is 9.11. The fourth-order valence-electron chi connectivity index (χ4n) is 4.57. The molecule has 1 aliphatic heterocycles. The van der Waals surface area contributed by atoms with Crippen LogP contribution >= 0.6 is 0 Å². The van der Waals surface area contributed by atoms with Crippen LogP contribution in [0.1, 0.15) is 30.2 Å². The molecule has 0 radical (unpaired) electrons. The molecular weight excluding hydrogens is 450 g/mol. The van der Waals surface area contributed by atoms with Gasteiger partial charge in [-0.1, -0.05) is 72.8 Å². The zero-order valence-electron chi connectivity index (χ0n) is 20.5. The van der Waals surface area contributed by atoms with Crippen LogP contribution in [-0.4, -0.2) is 45.3 Å². The van der Waals surface area contributed by atoms with Gasteiger partial charge >= 0.3 is 0 Å². The lowest BCUT2D eigenvalue weighted by atomic mass is 10.0. The molecule has 1 atom stereocenters. The Morgan fingerprint density at radius 2 is 1.58 bits per heavy atom. The first kappa shape index (κ1) is 23.8. The molecule has 7 heteroatoms. The van der Waals surface area contributed by atoms with E-state index >= 15 is 0 Å². The van der Waals surface area contributed by atoms with Crippen molar-refractivity contribution in [2.75, 3.05) is 19.7 Å². The summed E-state index contributed by atoms with van der Waals surface area (Å²) in [6.45, 7) is 5.41. The van der Waals surface area contributed by atoms with Crippen molar-refractivity contribution in [1.29, 1.82) is 0 Å². The van der Waals surface area contributed by atoms with Crippen molar-refractivity contribution in [3.05, 3.63) is 102 Å². The molecule has 0 aliphatic carbocycles. The summed E-state index contributed by atoms with van der Waals surface area (Å²) >= 11 is 0. The Morgan fingerprint density at radius 1 is 0.889 bits per heavy atom. The number of nitrogens with one attached hydrogen (secondary N) is 1. The first-order valence-corrected chi connectivity index (χ1v) is 12.4. The summed E-state index contributed by atoms with van der Waals surface area (Å²) in [6, 6.07) is 28.3. The summed E-state index contributed by atoms with van der Waals surface area (Å²) < 4.78 is 7.71. The van der Waals surface area contributed by atoms with Gasteiger partial charge < -0.3 is 14.6 Å². The molecule has 1 aliphatic rings. The van der Waals surface area contributed by atoms with E-state index in [1.54, 1.807) is 0 Å². The number of aromatic nitrogens is 3. The fraction of sp³-hybridized carbons (Fsp3) is 0.276. The zero-order chi connectivity index (χ0) is 24.7. The predicted octanol–water partition coefficient (Wildman–Crippen LogP) is 4.26. The molecule has 0 saturated carbocycles. The minimum absolute atomic E-state index is 0.0355. The van der Waals surface area contributed by atoms with Crippen LogP contribution in [0.2, 0.25) is 0 Å². The highest BCUT2D eigenvalue weighted by Gasteiger charge is 2.23. The van der Waals surface area contributed by atoms with E-state index in [0.717, 1.165) is 44.2 Å². The summed E-state index contributed by atoms with van der Waals surface area (Å²) in [7, 11) is 0. The third kappa shape index (κ3) is 5.80. The van der Waals surface area contributed by atoms with E-state index < -0.39 is 0 Å². The lowest BCUT2D eigenvalue weighted by Crippen LogP contribution is -2.33. The Morgan fingerprint density at radius 3 is 2.33 bits per heavy atom. The number of nitrogens with zero attached hydrogens (tertiary/aromatic N) is 4. The lowest BCUT2D eigenvalue weighted by Gasteiger charge is -2.20. The highest BCUT2D eigenvalue weighted by atomic mass is 16.5. The number of fused-ring (bicyclic) bond motifs is 1. The van der Waals surface area contributed by atoms with Gasteiger partial charge in [-0.25, -0.2) is 0 Å². The Labute approximate surface area is 211 Å². The Hall–Kier alpha value is -3.97. The molecule has 7 nitrogen and oxygen atoms in total. The van der Waals surface area contributed by atoms with Gasteiger partial charge in [0.25, 0.3) is 5.91 Å². The van der Waals surface area contributed by atoms with Gasteiger partial charge in [-0.15, -0.1) is 10.2 Å². The average molecular weight is 482 g/mol. The Bertz CT molecular complexity index is 1270. The highest BCUT2D eigenvalue weighted by Crippen LogP contribution is 2.21. The number of carbonyl (C=O) groups is 1. The van der Waals surface area contributed by atoms with Gasteiger partial charge in [-0.2, -0.15) is 0 Å². The van der Waals surface area contributed by atoms with Crippen LogP contribution < -0.4 is 10.1 Å². The first-order valence-electron chi connectivity index (χ1n) is 12.4. The fourth-order valence-corrected chi connectivity index (χ4v) is 4.57. The third-order valence-corrected chi connectivity index (χ3v) is 6.49. The standard InChI is InChI=1S/C29H31N5O2/c1-22(30-28(35)21-36-26-10-6-3-7-11-26)29-32-31-27-16-17-33(18-19-34(27)29)20-23-12-14-25(15-13-23)24-8-4-2-5-9-24/h2-15,22H,16-21H2,1H3,(H,30,35)/t22-/m0/s1. The predicted molar refractivity (Wildman–Crippen MR) is 139 cm³/mol. The second kappa shape index (κ2) is 11.2. The van der Waals surface area contributed by atoms with E-state index in [9.17, 15) is 4.79 Å². The number of benzene rings is 3. The highest BCUT2D eigenvalue weighted by molar-refractivity contribution is 5.77. The summed E-state index contributed by atoms with van der Waals surface area (Å²) in [5.74, 6) is 2.24. The molecule has 3 aromatic carbocycles. The minimum atomic E-state index is -0.254.